The number of rotatable bonds is 6. The molecule has 0 aromatic rings. The quantitative estimate of drug-likeness (QED) is 0.739. The Labute approximate surface area is 109 Å². The molecule has 1 aliphatic rings. The van der Waals surface area contributed by atoms with Crippen molar-refractivity contribution in [3.63, 3.8) is 0 Å². The first kappa shape index (κ1) is 14.9. The molecule has 1 fully saturated rings. The SMILES string of the molecule is CCN(C[C@@H](C)C#N)C(=O)CN1CC[C@H](CO)C1. The fourth-order valence-corrected chi connectivity index (χ4v) is 2.28. The van der Waals surface area contributed by atoms with Gasteiger partial charge in [0, 0.05) is 26.2 Å². The number of hydrogen-bond acceptors (Lipinski definition) is 4. The van der Waals surface area contributed by atoms with Gasteiger partial charge in [-0.25, -0.2) is 0 Å². The third-order valence-corrected chi connectivity index (χ3v) is 3.44. The Kier molecular flexibility index (Phi) is 6.10. The van der Waals surface area contributed by atoms with E-state index in [1.807, 2.05) is 13.8 Å². The number of carbonyl (C=O) groups excluding carboxylic acids is 1. The standard InChI is InChI=1S/C13H23N3O2/c1-3-16(7-11(2)6-14)13(18)9-15-5-4-12(8-15)10-17/h11-12,17H,3-5,7-10H2,1-2H3/t11-,12-/m0/s1. The van der Waals surface area contributed by atoms with Gasteiger partial charge in [-0.3, -0.25) is 9.69 Å². The minimum atomic E-state index is -0.127. The average Bonchev–Trinajstić information content (AvgIpc) is 2.82. The van der Waals surface area contributed by atoms with Crippen LogP contribution in [0.5, 0.6) is 0 Å². The summed E-state index contributed by atoms with van der Waals surface area (Å²) in [6.07, 6.45) is 0.963. The van der Waals surface area contributed by atoms with E-state index in [0.717, 1.165) is 19.5 Å². The summed E-state index contributed by atoms with van der Waals surface area (Å²) in [4.78, 5) is 15.9. The van der Waals surface area contributed by atoms with Gasteiger partial charge in [0.15, 0.2) is 0 Å². The van der Waals surface area contributed by atoms with E-state index in [2.05, 4.69) is 11.0 Å². The molecular weight excluding hydrogens is 230 g/mol. The third-order valence-electron chi connectivity index (χ3n) is 3.44. The average molecular weight is 253 g/mol. The summed E-state index contributed by atoms with van der Waals surface area (Å²) in [5.41, 5.74) is 0. The van der Waals surface area contributed by atoms with Crippen molar-refractivity contribution < 1.29 is 9.90 Å². The zero-order valence-electron chi connectivity index (χ0n) is 11.3. The number of aliphatic hydroxyl groups is 1. The third kappa shape index (κ3) is 4.28. The maximum atomic E-state index is 12.1. The number of nitrogens with zero attached hydrogens (tertiary/aromatic N) is 3. The van der Waals surface area contributed by atoms with Crippen LogP contribution in [0.4, 0.5) is 0 Å². The van der Waals surface area contributed by atoms with Crippen LogP contribution in [0.2, 0.25) is 0 Å². The Morgan fingerprint density at radius 2 is 2.39 bits per heavy atom. The molecule has 1 rings (SSSR count). The number of nitriles is 1. The van der Waals surface area contributed by atoms with Crippen LogP contribution in [0.1, 0.15) is 20.3 Å². The second-order valence-electron chi connectivity index (χ2n) is 5.03. The van der Waals surface area contributed by atoms with Gasteiger partial charge in [0.1, 0.15) is 0 Å². The summed E-state index contributed by atoms with van der Waals surface area (Å²) in [6.45, 7) is 7.19. The molecule has 1 heterocycles. The molecule has 2 atom stereocenters. The van der Waals surface area contributed by atoms with E-state index in [-0.39, 0.29) is 18.4 Å². The summed E-state index contributed by atoms with van der Waals surface area (Å²) in [5.74, 6) is 0.266. The van der Waals surface area contributed by atoms with Gasteiger partial charge >= 0.3 is 0 Å². The molecule has 0 radical (unpaired) electrons. The number of aliphatic hydroxyl groups excluding tert-OH is 1. The Bertz CT molecular complexity index is 314. The zero-order valence-corrected chi connectivity index (χ0v) is 11.3. The summed E-state index contributed by atoms with van der Waals surface area (Å²) < 4.78 is 0. The first-order valence-corrected chi connectivity index (χ1v) is 6.61. The fourth-order valence-electron chi connectivity index (χ4n) is 2.28. The van der Waals surface area contributed by atoms with Crippen molar-refractivity contribution in [3.05, 3.63) is 0 Å². The molecule has 0 aromatic heterocycles. The molecule has 5 heteroatoms. The van der Waals surface area contributed by atoms with E-state index in [0.29, 0.717) is 25.6 Å². The zero-order chi connectivity index (χ0) is 13.5. The summed E-state index contributed by atoms with van der Waals surface area (Å²) in [6, 6.07) is 2.15. The van der Waals surface area contributed by atoms with Crippen LogP contribution in [0.3, 0.4) is 0 Å². The lowest BCUT2D eigenvalue weighted by Crippen LogP contribution is -2.41. The molecule has 0 unspecified atom stereocenters. The lowest BCUT2D eigenvalue weighted by molar-refractivity contribution is -0.132. The lowest BCUT2D eigenvalue weighted by Gasteiger charge is -2.25. The molecule has 102 valence electrons. The van der Waals surface area contributed by atoms with Gasteiger partial charge in [0.2, 0.25) is 5.91 Å². The van der Waals surface area contributed by atoms with Crippen molar-refractivity contribution in [1.29, 1.82) is 5.26 Å². The van der Waals surface area contributed by atoms with Gasteiger partial charge in [0.05, 0.1) is 18.5 Å². The molecule has 0 aliphatic carbocycles. The second kappa shape index (κ2) is 7.34. The predicted octanol–water partition coefficient (Wildman–Crippen LogP) is 0.309. The van der Waals surface area contributed by atoms with Crippen molar-refractivity contribution in [2.45, 2.75) is 20.3 Å². The van der Waals surface area contributed by atoms with E-state index >= 15 is 0 Å². The van der Waals surface area contributed by atoms with E-state index in [1.165, 1.54) is 0 Å². The number of carbonyl (C=O) groups is 1. The minimum Gasteiger partial charge on any atom is -0.396 e. The van der Waals surface area contributed by atoms with Crippen molar-refractivity contribution in [1.82, 2.24) is 9.80 Å². The highest BCUT2D eigenvalue weighted by molar-refractivity contribution is 5.78. The Morgan fingerprint density at radius 3 is 2.89 bits per heavy atom. The second-order valence-corrected chi connectivity index (χ2v) is 5.03. The monoisotopic (exact) mass is 253 g/mol. The van der Waals surface area contributed by atoms with E-state index in [9.17, 15) is 4.79 Å². The van der Waals surface area contributed by atoms with Gasteiger partial charge in [-0.05, 0) is 32.7 Å². The summed E-state index contributed by atoms with van der Waals surface area (Å²) in [7, 11) is 0. The van der Waals surface area contributed by atoms with Crippen LogP contribution in [0.25, 0.3) is 0 Å². The van der Waals surface area contributed by atoms with Crippen molar-refractivity contribution >= 4 is 5.91 Å². The van der Waals surface area contributed by atoms with Crippen molar-refractivity contribution in [2.75, 3.05) is 39.3 Å². The molecular formula is C13H23N3O2. The first-order chi connectivity index (χ1) is 8.60. The summed E-state index contributed by atoms with van der Waals surface area (Å²) >= 11 is 0. The van der Waals surface area contributed by atoms with Crippen molar-refractivity contribution in [2.24, 2.45) is 11.8 Å². The number of amides is 1. The van der Waals surface area contributed by atoms with Crippen LogP contribution in [0.15, 0.2) is 0 Å². The molecule has 5 nitrogen and oxygen atoms in total. The molecule has 0 spiro atoms. The van der Waals surface area contributed by atoms with Gasteiger partial charge in [-0.1, -0.05) is 0 Å². The van der Waals surface area contributed by atoms with E-state index in [4.69, 9.17) is 10.4 Å². The Balaban J connectivity index is 2.41. The highest BCUT2D eigenvalue weighted by atomic mass is 16.3. The highest BCUT2D eigenvalue weighted by Gasteiger charge is 2.25. The lowest BCUT2D eigenvalue weighted by atomic mass is 10.1. The van der Waals surface area contributed by atoms with E-state index in [1.54, 1.807) is 4.90 Å². The first-order valence-electron chi connectivity index (χ1n) is 6.61. The predicted molar refractivity (Wildman–Crippen MR) is 68.7 cm³/mol. The molecule has 1 amide bonds. The normalized spacial score (nSPS) is 21.6. The number of likely N-dealkylation sites (N-methyl/N-ethyl adjacent to an activating group) is 1. The van der Waals surface area contributed by atoms with Crippen LogP contribution < -0.4 is 0 Å². The Hall–Kier alpha value is -1.12. The summed E-state index contributed by atoms with van der Waals surface area (Å²) in [5, 5.41) is 17.9. The molecule has 1 N–H and O–H groups in total. The topological polar surface area (TPSA) is 67.6 Å². The Morgan fingerprint density at radius 1 is 1.67 bits per heavy atom. The van der Waals surface area contributed by atoms with E-state index < -0.39 is 0 Å². The number of hydrogen-bond donors (Lipinski definition) is 1. The largest absolute Gasteiger partial charge is 0.396 e. The number of likely N-dealkylation sites (tertiary alicyclic amines) is 1. The van der Waals surface area contributed by atoms with Gasteiger partial charge in [-0.15, -0.1) is 0 Å². The van der Waals surface area contributed by atoms with Crippen LogP contribution >= 0.6 is 0 Å². The molecule has 0 saturated carbocycles. The van der Waals surface area contributed by atoms with Crippen LogP contribution in [-0.4, -0.2) is 60.1 Å². The maximum absolute atomic E-state index is 12.1. The van der Waals surface area contributed by atoms with Gasteiger partial charge in [0.25, 0.3) is 0 Å². The van der Waals surface area contributed by atoms with Gasteiger partial charge < -0.3 is 10.0 Å². The minimum absolute atomic E-state index is 0.0817. The molecule has 0 aromatic carbocycles. The smallest absolute Gasteiger partial charge is 0.236 e. The molecule has 0 bridgehead atoms. The van der Waals surface area contributed by atoms with Gasteiger partial charge in [-0.2, -0.15) is 5.26 Å². The van der Waals surface area contributed by atoms with Crippen LogP contribution in [0, 0.1) is 23.2 Å². The molecule has 1 saturated heterocycles. The molecule has 18 heavy (non-hydrogen) atoms. The highest BCUT2D eigenvalue weighted by Crippen LogP contribution is 2.15. The maximum Gasteiger partial charge on any atom is 0.236 e. The fraction of sp³-hybridized carbons (Fsp3) is 0.846. The molecule has 1 aliphatic heterocycles. The van der Waals surface area contributed by atoms with Crippen molar-refractivity contribution in [3.8, 4) is 6.07 Å². The van der Waals surface area contributed by atoms with Crippen LogP contribution in [-0.2, 0) is 4.79 Å².